The molecule has 0 amide bonds. The minimum absolute atomic E-state index is 0.267. The molecule has 14 atom stereocenters. The fourth-order valence-electron chi connectivity index (χ4n) is 8.66. The maximum atomic E-state index is 12.4. The van der Waals surface area contributed by atoms with Gasteiger partial charge in [-0.1, -0.05) is 34.9 Å². The third kappa shape index (κ3) is 16.7. The highest BCUT2D eigenvalue weighted by Crippen LogP contribution is 2.80. The van der Waals surface area contributed by atoms with E-state index in [1.54, 1.807) is 0 Å². The van der Waals surface area contributed by atoms with E-state index in [1.165, 1.54) is 57.2 Å². The zero-order chi connectivity index (χ0) is 63.3. The number of hydrogen-bond donors (Lipinski definition) is 12. The summed E-state index contributed by atoms with van der Waals surface area (Å²) in [5.74, 6) is 1.52. The van der Waals surface area contributed by atoms with Crippen LogP contribution in [0.2, 0.25) is 0 Å². The molecule has 12 N–H and O–H groups in total. The highest BCUT2D eigenvalue weighted by Gasteiger charge is 2.55. The minimum Gasteiger partial charge on any atom is -0.394 e. The van der Waals surface area contributed by atoms with E-state index in [1.807, 2.05) is 59.8 Å². The summed E-state index contributed by atoms with van der Waals surface area (Å²) in [5, 5.41) is 80.2. The van der Waals surface area contributed by atoms with Gasteiger partial charge in [-0.25, -0.2) is 58.6 Å². The number of aliphatic hydroxyl groups excluding tert-OH is 7. The first kappa shape index (κ1) is 68.0. The van der Waals surface area contributed by atoms with Crippen LogP contribution >= 0.6 is 52.0 Å². The lowest BCUT2D eigenvalue weighted by Gasteiger charge is -2.27. The number of aliphatic hydroxyl groups is 7. The summed E-state index contributed by atoms with van der Waals surface area (Å²) in [6.07, 6.45) is -3.96. The third-order valence-corrected chi connectivity index (χ3v) is 19.2. The Bertz CT molecular complexity index is 3650. The summed E-state index contributed by atoms with van der Waals surface area (Å²) in [6.45, 7) is 12.0. The number of phosphoric acid groups is 3. The lowest BCUT2D eigenvalue weighted by atomic mass is 10.1. The maximum Gasteiger partial charge on any atom is 0.492 e. The largest absolute Gasteiger partial charge is 0.492 e. The van der Waals surface area contributed by atoms with E-state index in [2.05, 4.69) is 73.7 Å². The number of nitrogens with one attached hydrogen (secondary N) is 3. The van der Waals surface area contributed by atoms with Crippen LogP contribution in [0.15, 0.2) is 72.9 Å². The fourth-order valence-corrected chi connectivity index (χ4v) is 14.3. The third-order valence-electron chi connectivity index (χ3n) is 12.8. The van der Waals surface area contributed by atoms with Crippen molar-refractivity contribution in [3.8, 4) is 0 Å². The van der Waals surface area contributed by atoms with Gasteiger partial charge in [-0.2, -0.15) is 12.9 Å². The molecule has 4 saturated heterocycles. The second kappa shape index (κ2) is 28.5. The lowest BCUT2D eigenvalue weighted by Crippen LogP contribution is -2.33. The highest BCUT2D eigenvalue weighted by atomic mass is 35.9. The zero-order valence-electron chi connectivity index (χ0n) is 46.7. The summed E-state index contributed by atoms with van der Waals surface area (Å²) < 4.78 is 89.6. The molecule has 42 heteroatoms. The Morgan fingerprint density at radius 3 is 1.20 bits per heavy atom. The summed E-state index contributed by atoms with van der Waals surface area (Å²) in [7, 11) is -15.5. The molecule has 0 spiro atoms. The molecule has 6 aromatic rings. The molecule has 0 aromatic carbocycles. The second-order valence-electron chi connectivity index (χ2n) is 20.1. The first-order valence-electron chi connectivity index (χ1n) is 26.0. The standard InChI is InChI=1S/C15H20Cl2N5O5P.C15H22N5O12P3.C15H21N5O4/c1-8(2)3-4-18-13-10-14(20-6-19-13)22(7-21-10)15-12(24)11(23)9(27-15)5-26-28(16,17)25;1-8(2)3-4-16-13-10-14(18-6-17-13)20(7-19-10)15-12(22)11(21)9(29-15)5-28-35(27)31-33(23,24)30-34(25,26)32-35;1-8(2)3-4-16-13-10-14(18-6-17-13)20(7-19-10)15-12(23)11(22)9(5-21)24-15/h3,6-7,9,11-12,15,23-24H,4-5H2,1-2H3,(H,18,19,20);3,6-7,9,11-12,15,21-22H,4-5H2,1-2H3,(H,23,24)(H,25,26)(H,16,17,18);3,6-7,9,11-12,15,21-23H,4-5H2,1-2H3,(H,16,17,18)/t3*9-,11?,12+,15-/m111/s1. The number of anilines is 3. The molecule has 478 valence electrons. The Balaban J connectivity index is 0.000000173. The van der Waals surface area contributed by atoms with Crippen LogP contribution in [0.5, 0.6) is 0 Å². The number of fused-ring (bicyclic) bond motifs is 3. The quantitative estimate of drug-likeness (QED) is 0.0408. The van der Waals surface area contributed by atoms with Crippen molar-refractivity contribution < 1.29 is 100.0 Å². The smallest absolute Gasteiger partial charge is 0.394 e. The Morgan fingerprint density at radius 1 is 0.540 bits per heavy atom. The molecule has 4 aliphatic rings. The van der Waals surface area contributed by atoms with Gasteiger partial charge < -0.3 is 80.2 Å². The number of aromatic nitrogens is 12. The molecule has 4 fully saturated rings. The molecule has 5 unspecified atom stereocenters. The van der Waals surface area contributed by atoms with Crippen LogP contribution in [0.4, 0.5) is 17.5 Å². The second-order valence-corrected chi connectivity index (χ2v) is 29.3. The first-order chi connectivity index (χ1) is 41.0. The number of rotatable bonds is 19. The molecule has 4 aliphatic heterocycles. The van der Waals surface area contributed by atoms with Crippen LogP contribution in [0.1, 0.15) is 60.2 Å². The van der Waals surface area contributed by atoms with Gasteiger partial charge in [-0.15, -0.1) is 0 Å². The number of imidazole rings is 3. The van der Waals surface area contributed by atoms with Crippen molar-refractivity contribution in [1.82, 2.24) is 58.6 Å². The summed E-state index contributed by atoms with van der Waals surface area (Å²) >= 11 is 10.7. The van der Waals surface area contributed by atoms with Crippen molar-refractivity contribution in [3.63, 3.8) is 0 Å². The zero-order valence-corrected chi connectivity index (χ0v) is 51.8. The Morgan fingerprint density at radius 2 is 0.874 bits per heavy atom. The predicted molar refractivity (Wildman–Crippen MR) is 306 cm³/mol. The molecular weight excluding hydrogens is 1280 g/mol. The Labute approximate surface area is 503 Å². The van der Waals surface area contributed by atoms with Gasteiger partial charge in [0.1, 0.15) is 73.9 Å². The van der Waals surface area contributed by atoms with Crippen molar-refractivity contribution in [3.05, 3.63) is 72.9 Å². The van der Waals surface area contributed by atoms with Crippen molar-refractivity contribution in [2.75, 3.05) is 55.4 Å². The van der Waals surface area contributed by atoms with Crippen molar-refractivity contribution in [2.24, 2.45) is 0 Å². The van der Waals surface area contributed by atoms with Gasteiger partial charge in [0.25, 0.3) is 0 Å². The Hall–Kier alpha value is -4.91. The molecule has 0 saturated carbocycles. The van der Waals surface area contributed by atoms with Gasteiger partial charge in [0.15, 0.2) is 69.6 Å². The summed E-state index contributed by atoms with van der Waals surface area (Å²) in [4.78, 5) is 56.5. The molecular formula is C45H63Cl2N15O21P4. The molecule has 6 aromatic heterocycles. The van der Waals surface area contributed by atoms with E-state index < -0.39 is 110 Å². The number of nitrogens with zero attached hydrogens (tertiary/aromatic N) is 12. The molecule has 36 nitrogen and oxygen atoms in total. The molecule has 0 aliphatic carbocycles. The topological polar surface area (TPSA) is 491 Å². The average molecular weight is 1340 g/mol. The highest BCUT2D eigenvalue weighted by molar-refractivity contribution is 8.05. The number of hydrogen-bond acceptors (Lipinski definition) is 31. The minimum atomic E-state index is -5.23. The van der Waals surface area contributed by atoms with Crippen LogP contribution in [0, 0.1) is 0 Å². The molecule has 0 radical (unpaired) electrons. The van der Waals surface area contributed by atoms with Crippen LogP contribution in [-0.4, -0.2) is 198 Å². The SMILES string of the molecule is CC(C)=CCNc1ncnc2c1ncn2[C@@H]1O[C@H](CO)C(O)[C@@H]1O.CC(C)=CCNc1ncnc2c1ncn2[C@@H]1O[C@H](COP(=O)(Cl)Cl)C(O)[C@@H]1O.CC(C)=CCNc1ncnc2c1ncn2[C@@H]1O[C@H](COP2(=O)OP(=O)(O)OP(=O)(O)O2)C(O)[C@@H]1O. The maximum absolute atomic E-state index is 12.4. The van der Waals surface area contributed by atoms with Gasteiger partial charge in [0.2, 0.25) is 0 Å². The number of allylic oxidation sites excluding steroid dienone is 3. The van der Waals surface area contributed by atoms with Crippen LogP contribution in [0.3, 0.4) is 0 Å². The molecule has 10 heterocycles. The number of ether oxygens (including phenoxy) is 3. The van der Waals surface area contributed by atoms with Gasteiger partial charge in [-0.05, 0) is 64.0 Å². The van der Waals surface area contributed by atoms with Crippen molar-refractivity contribution >= 4 is 103 Å². The van der Waals surface area contributed by atoms with E-state index in [0.29, 0.717) is 64.9 Å². The molecule has 0 bridgehead atoms. The van der Waals surface area contributed by atoms with Gasteiger partial charge in [-0.3, -0.25) is 22.8 Å². The normalized spacial score (nSPS) is 30.5. The Kier molecular flexibility index (Phi) is 22.3. The lowest BCUT2D eigenvalue weighted by molar-refractivity contribution is -0.0511. The first-order valence-corrected chi connectivity index (χ1v) is 33.9. The average Bonchev–Trinajstić information content (AvgIpc) is 1.96. The molecule has 87 heavy (non-hydrogen) atoms. The van der Waals surface area contributed by atoms with E-state index in [4.69, 9.17) is 45.7 Å². The summed E-state index contributed by atoms with van der Waals surface area (Å²) in [6, 6.07) is 0. The van der Waals surface area contributed by atoms with Crippen LogP contribution in [-0.2, 0) is 54.5 Å². The molecule has 10 rings (SSSR count). The van der Waals surface area contributed by atoms with E-state index in [9.17, 15) is 63.8 Å². The van der Waals surface area contributed by atoms with Crippen LogP contribution in [0.25, 0.3) is 33.5 Å². The van der Waals surface area contributed by atoms with Gasteiger partial charge in [0.05, 0.1) is 38.8 Å². The number of halogens is 2. The monoisotopic (exact) mass is 1340 g/mol. The van der Waals surface area contributed by atoms with E-state index in [-0.39, 0.29) is 18.9 Å². The predicted octanol–water partition coefficient (Wildman–Crippen LogP) is 3.45. The van der Waals surface area contributed by atoms with E-state index >= 15 is 0 Å². The van der Waals surface area contributed by atoms with Gasteiger partial charge >= 0.3 is 29.5 Å². The van der Waals surface area contributed by atoms with Gasteiger partial charge in [0, 0.05) is 19.6 Å². The van der Waals surface area contributed by atoms with Crippen molar-refractivity contribution in [2.45, 2.75) is 115 Å². The summed E-state index contributed by atoms with van der Waals surface area (Å²) in [5.41, 5.74) is 5.98. The van der Waals surface area contributed by atoms with E-state index in [0.717, 1.165) is 11.1 Å². The van der Waals surface area contributed by atoms with Crippen LogP contribution < -0.4 is 16.0 Å². The fraction of sp³-hybridized carbons (Fsp3) is 0.533. The van der Waals surface area contributed by atoms with Crippen molar-refractivity contribution in [1.29, 1.82) is 0 Å².